The number of aromatic nitrogens is 1. The van der Waals surface area contributed by atoms with Crippen molar-refractivity contribution >= 4 is 0 Å². The van der Waals surface area contributed by atoms with Crippen LogP contribution in [-0.2, 0) is 6.42 Å². The minimum absolute atomic E-state index is 0.605. The fourth-order valence-electron chi connectivity index (χ4n) is 2.68. The number of hydrogen-bond acceptors (Lipinski definition) is 3. The molecule has 1 aromatic rings. The monoisotopic (exact) mass is 278 g/mol. The molecule has 1 unspecified atom stereocenters. The average Bonchev–Trinajstić information content (AvgIpc) is 2.44. The van der Waals surface area contributed by atoms with Crippen molar-refractivity contribution in [3.8, 4) is 5.75 Å². The molecule has 0 spiro atoms. The average molecular weight is 278 g/mol. The predicted octanol–water partition coefficient (Wildman–Crippen LogP) is 3.81. The van der Waals surface area contributed by atoms with Gasteiger partial charge in [-0.15, -0.1) is 0 Å². The number of methoxy groups -OCH3 is 1. The van der Waals surface area contributed by atoms with Crippen LogP contribution in [0.15, 0.2) is 6.20 Å². The van der Waals surface area contributed by atoms with Crippen LogP contribution in [-0.4, -0.2) is 24.7 Å². The van der Waals surface area contributed by atoms with Crippen molar-refractivity contribution in [1.82, 2.24) is 10.3 Å². The Hall–Kier alpha value is -1.09. The van der Waals surface area contributed by atoms with E-state index in [0.29, 0.717) is 6.04 Å². The first-order chi connectivity index (χ1) is 9.63. The second-order valence-corrected chi connectivity index (χ2v) is 5.52. The van der Waals surface area contributed by atoms with Gasteiger partial charge >= 0.3 is 0 Å². The summed E-state index contributed by atoms with van der Waals surface area (Å²) >= 11 is 0. The van der Waals surface area contributed by atoms with E-state index in [0.717, 1.165) is 30.7 Å². The number of nitrogens with zero attached hydrogens (tertiary/aromatic N) is 1. The number of ether oxygens (including phenoxy) is 1. The molecule has 0 fully saturated rings. The van der Waals surface area contributed by atoms with E-state index in [-0.39, 0.29) is 0 Å². The molecule has 0 radical (unpaired) electrons. The summed E-state index contributed by atoms with van der Waals surface area (Å²) in [7, 11) is 1.74. The maximum Gasteiger partial charge on any atom is 0.128 e. The molecule has 114 valence electrons. The number of aryl methyl sites for hydroxylation is 2. The molecule has 1 aromatic heterocycles. The van der Waals surface area contributed by atoms with E-state index in [9.17, 15) is 0 Å². The molecule has 1 rings (SSSR count). The third-order valence-electron chi connectivity index (χ3n) is 3.80. The molecule has 0 aromatic carbocycles. The Morgan fingerprint density at radius 3 is 2.55 bits per heavy atom. The third kappa shape index (κ3) is 4.78. The van der Waals surface area contributed by atoms with Gasteiger partial charge in [0.25, 0.3) is 0 Å². The first kappa shape index (κ1) is 17.0. The van der Waals surface area contributed by atoms with Gasteiger partial charge in [0.2, 0.25) is 0 Å². The second-order valence-electron chi connectivity index (χ2n) is 5.52. The van der Waals surface area contributed by atoms with Gasteiger partial charge in [-0.3, -0.25) is 4.98 Å². The van der Waals surface area contributed by atoms with E-state index in [1.54, 1.807) is 7.11 Å². The lowest BCUT2D eigenvalue weighted by Crippen LogP contribution is -2.30. The fraction of sp³-hybridized carbons (Fsp3) is 0.706. The molecule has 0 aliphatic heterocycles. The summed E-state index contributed by atoms with van der Waals surface area (Å²) in [5, 5.41) is 3.64. The van der Waals surface area contributed by atoms with Crippen LogP contribution in [0, 0.1) is 13.8 Å². The largest absolute Gasteiger partial charge is 0.496 e. The Labute approximate surface area is 124 Å². The van der Waals surface area contributed by atoms with Gasteiger partial charge < -0.3 is 10.1 Å². The first-order valence-corrected chi connectivity index (χ1v) is 7.86. The Bertz CT molecular complexity index is 404. The highest BCUT2D eigenvalue weighted by molar-refractivity contribution is 5.41. The Morgan fingerprint density at radius 2 is 1.95 bits per heavy atom. The van der Waals surface area contributed by atoms with Gasteiger partial charge in [0.1, 0.15) is 5.75 Å². The molecule has 3 heteroatoms. The van der Waals surface area contributed by atoms with Gasteiger partial charge in [-0.25, -0.2) is 0 Å². The van der Waals surface area contributed by atoms with E-state index in [1.165, 1.54) is 30.5 Å². The lowest BCUT2D eigenvalue weighted by molar-refractivity contribution is 0.405. The van der Waals surface area contributed by atoms with Crippen molar-refractivity contribution in [2.45, 2.75) is 65.8 Å². The number of pyridine rings is 1. The third-order valence-corrected chi connectivity index (χ3v) is 3.80. The molecule has 20 heavy (non-hydrogen) atoms. The number of hydrogen-bond donors (Lipinski definition) is 1. The molecule has 0 bridgehead atoms. The molecular formula is C17H30N2O. The highest BCUT2D eigenvalue weighted by Gasteiger charge is 2.12. The SMILES string of the molecule is CCCNC(CCC)CCc1ncc(C)c(OC)c1C. The Morgan fingerprint density at radius 1 is 1.20 bits per heavy atom. The van der Waals surface area contributed by atoms with Crippen LogP contribution in [0.4, 0.5) is 0 Å². The standard InChI is InChI=1S/C17H30N2O/c1-6-8-15(18-11-7-2)9-10-16-14(4)17(20-5)13(3)12-19-16/h12,15,18H,6-11H2,1-5H3. The van der Waals surface area contributed by atoms with E-state index in [4.69, 9.17) is 4.74 Å². The summed E-state index contributed by atoms with van der Waals surface area (Å²) in [6.45, 7) is 9.73. The maximum atomic E-state index is 5.48. The minimum Gasteiger partial charge on any atom is -0.496 e. The van der Waals surface area contributed by atoms with Crippen molar-refractivity contribution in [2.24, 2.45) is 0 Å². The number of rotatable bonds is 9. The molecule has 0 saturated heterocycles. The van der Waals surface area contributed by atoms with Crippen LogP contribution >= 0.6 is 0 Å². The molecule has 3 nitrogen and oxygen atoms in total. The summed E-state index contributed by atoms with van der Waals surface area (Å²) in [6, 6.07) is 0.605. The highest BCUT2D eigenvalue weighted by atomic mass is 16.5. The van der Waals surface area contributed by atoms with Crippen molar-refractivity contribution in [1.29, 1.82) is 0 Å². The summed E-state index contributed by atoms with van der Waals surface area (Å²) in [4.78, 5) is 4.59. The highest BCUT2D eigenvalue weighted by Crippen LogP contribution is 2.25. The first-order valence-electron chi connectivity index (χ1n) is 7.86. The Balaban J connectivity index is 2.67. The Kier molecular flexibility index (Phi) is 7.60. The van der Waals surface area contributed by atoms with Crippen molar-refractivity contribution < 1.29 is 4.74 Å². The van der Waals surface area contributed by atoms with E-state index in [1.807, 2.05) is 13.1 Å². The smallest absolute Gasteiger partial charge is 0.128 e. The van der Waals surface area contributed by atoms with E-state index >= 15 is 0 Å². The van der Waals surface area contributed by atoms with E-state index < -0.39 is 0 Å². The summed E-state index contributed by atoms with van der Waals surface area (Å²) in [6.07, 6.45) is 7.75. The number of nitrogens with one attached hydrogen (secondary N) is 1. The normalized spacial score (nSPS) is 12.4. The van der Waals surface area contributed by atoms with Crippen molar-refractivity contribution in [2.75, 3.05) is 13.7 Å². The molecule has 1 heterocycles. The van der Waals surface area contributed by atoms with Gasteiger partial charge in [0.05, 0.1) is 7.11 Å². The van der Waals surface area contributed by atoms with Crippen LogP contribution in [0.25, 0.3) is 0 Å². The maximum absolute atomic E-state index is 5.48. The lowest BCUT2D eigenvalue weighted by atomic mass is 10.0. The molecule has 0 aliphatic carbocycles. The van der Waals surface area contributed by atoms with Gasteiger partial charge in [-0.05, 0) is 46.1 Å². The zero-order valence-corrected chi connectivity index (χ0v) is 13.8. The molecular weight excluding hydrogens is 248 g/mol. The van der Waals surface area contributed by atoms with Crippen LogP contribution in [0.5, 0.6) is 5.75 Å². The van der Waals surface area contributed by atoms with E-state index in [2.05, 4.69) is 31.1 Å². The quantitative estimate of drug-likeness (QED) is 0.746. The van der Waals surface area contributed by atoms with Gasteiger partial charge in [0.15, 0.2) is 0 Å². The zero-order valence-electron chi connectivity index (χ0n) is 13.8. The zero-order chi connectivity index (χ0) is 15.0. The van der Waals surface area contributed by atoms with Crippen LogP contribution < -0.4 is 10.1 Å². The van der Waals surface area contributed by atoms with Crippen LogP contribution in [0.2, 0.25) is 0 Å². The van der Waals surface area contributed by atoms with Crippen molar-refractivity contribution in [3.05, 3.63) is 23.0 Å². The topological polar surface area (TPSA) is 34.2 Å². The summed E-state index contributed by atoms with van der Waals surface area (Å²) in [5.41, 5.74) is 3.48. The summed E-state index contributed by atoms with van der Waals surface area (Å²) < 4.78 is 5.48. The van der Waals surface area contributed by atoms with Crippen LogP contribution in [0.1, 0.15) is 56.4 Å². The molecule has 0 saturated carbocycles. The molecule has 1 N–H and O–H groups in total. The predicted molar refractivity (Wildman–Crippen MR) is 85.6 cm³/mol. The molecule has 0 aliphatic rings. The van der Waals surface area contributed by atoms with Gasteiger partial charge in [-0.2, -0.15) is 0 Å². The van der Waals surface area contributed by atoms with Gasteiger partial charge in [0, 0.05) is 29.1 Å². The lowest BCUT2D eigenvalue weighted by Gasteiger charge is -2.18. The summed E-state index contributed by atoms with van der Waals surface area (Å²) in [5.74, 6) is 0.989. The molecule has 1 atom stereocenters. The van der Waals surface area contributed by atoms with Crippen LogP contribution in [0.3, 0.4) is 0 Å². The fourth-order valence-corrected chi connectivity index (χ4v) is 2.68. The second kappa shape index (κ2) is 8.96. The minimum atomic E-state index is 0.605. The molecule has 0 amide bonds. The van der Waals surface area contributed by atoms with Crippen molar-refractivity contribution in [3.63, 3.8) is 0 Å². The van der Waals surface area contributed by atoms with Gasteiger partial charge in [-0.1, -0.05) is 20.3 Å².